The van der Waals surface area contributed by atoms with Gasteiger partial charge in [0.25, 0.3) is 5.91 Å². The quantitative estimate of drug-likeness (QED) is 0.703. The number of halogens is 1. The highest BCUT2D eigenvalue weighted by Gasteiger charge is 2.25. The molecule has 0 saturated carbocycles. The molecule has 1 unspecified atom stereocenters. The Morgan fingerprint density at radius 2 is 2.21 bits per heavy atom. The fraction of sp³-hybridized carbons (Fsp3) is 0.533. The molecule has 9 heteroatoms. The summed E-state index contributed by atoms with van der Waals surface area (Å²) in [6, 6.07) is 6.21. The molecule has 1 atom stereocenters. The van der Waals surface area contributed by atoms with E-state index in [-0.39, 0.29) is 42.4 Å². The van der Waals surface area contributed by atoms with Crippen LogP contribution in [-0.4, -0.2) is 65.2 Å². The number of hydrogen-bond acceptors (Lipinski definition) is 5. The molecular formula is C15H24ClN3O4S. The van der Waals surface area contributed by atoms with Crippen molar-refractivity contribution in [1.29, 1.82) is 0 Å². The Bertz CT molecular complexity index is 654. The van der Waals surface area contributed by atoms with Gasteiger partial charge in [0.2, 0.25) is 10.0 Å². The summed E-state index contributed by atoms with van der Waals surface area (Å²) in [5, 5.41) is 3.22. The third-order valence-corrected chi connectivity index (χ3v) is 5.21. The Labute approximate surface area is 149 Å². The van der Waals surface area contributed by atoms with Crippen molar-refractivity contribution < 1.29 is 17.9 Å². The zero-order valence-corrected chi connectivity index (χ0v) is 15.5. The van der Waals surface area contributed by atoms with Gasteiger partial charge in [-0.1, -0.05) is 6.07 Å². The number of carbonyl (C=O) groups is 1. The lowest BCUT2D eigenvalue weighted by Crippen LogP contribution is -2.52. The molecule has 136 valence electrons. The van der Waals surface area contributed by atoms with Gasteiger partial charge in [-0.05, 0) is 25.1 Å². The average molecular weight is 378 g/mol. The van der Waals surface area contributed by atoms with Gasteiger partial charge in [0.05, 0.1) is 11.5 Å². The lowest BCUT2D eigenvalue weighted by Gasteiger charge is -2.34. The monoisotopic (exact) mass is 377 g/mol. The van der Waals surface area contributed by atoms with Crippen molar-refractivity contribution >= 4 is 28.3 Å². The van der Waals surface area contributed by atoms with Crippen molar-refractivity contribution in [3.8, 4) is 0 Å². The number of benzene rings is 1. The highest BCUT2D eigenvalue weighted by Crippen LogP contribution is 2.15. The predicted molar refractivity (Wildman–Crippen MR) is 94.1 cm³/mol. The normalized spacial score (nSPS) is 18.1. The van der Waals surface area contributed by atoms with E-state index in [4.69, 9.17) is 4.74 Å². The average Bonchev–Trinajstić information content (AvgIpc) is 2.55. The summed E-state index contributed by atoms with van der Waals surface area (Å²) in [7, 11) is -2.14. The number of piperazine rings is 1. The zero-order chi connectivity index (χ0) is 16.9. The Kier molecular flexibility index (Phi) is 8.11. The molecule has 0 bridgehead atoms. The first kappa shape index (κ1) is 20.9. The Balaban J connectivity index is 0.00000288. The second-order valence-electron chi connectivity index (χ2n) is 5.47. The molecule has 1 aliphatic heterocycles. The third-order valence-electron chi connectivity index (χ3n) is 3.75. The first-order chi connectivity index (χ1) is 11.0. The summed E-state index contributed by atoms with van der Waals surface area (Å²) in [4.78, 5) is 14.5. The molecule has 2 N–H and O–H groups in total. The fourth-order valence-corrected chi connectivity index (χ4v) is 3.52. The van der Waals surface area contributed by atoms with E-state index in [1.165, 1.54) is 19.2 Å². The maximum absolute atomic E-state index is 12.6. The van der Waals surface area contributed by atoms with Crippen molar-refractivity contribution in [3.05, 3.63) is 29.8 Å². The molecule has 0 spiro atoms. The summed E-state index contributed by atoms with van der Waals surface area (Å²) < 4.78 is 31.7. The minimum absolute atomic E-state index is 0. The molecule has 1 amide bonds. The van der Waals surface area contributed by atoms with Gasteiger partial charge >= 0.3 is 0 Å². The van der Waals surface area contributed by atoms with E-state index in [9.17, 15) is 13.2 Å². The van der Waals surface area contributed by atoms with Crippen LogP contribution in [0.5, 0.6) is 0 Å². The summed E-state index contributed by atoms with van der Waals surface area (Å²) in [5.74, 6) is -0.145. The number of hydrogen-bond donors (Lipinski definition) is 2. The van der Waals surface area contributed by atoms with Gasteiger partial charge in [-0.15, -0.1) is 12.4 Å². The second-order valence-corrected chi connectivity index (χ2v) is 7.24. The maximum Gasteiger partial charge on any atom is 0.254 e. The number of nitrogens with one attached hydrogen (secondary N) is 2. The van der Waals surface area contributed by atoms with Crippen LogP contribution in [0.3, 0.4) is 0 Å². The first-order valence-electron chi connectivity index (χ1n) is 7.56. The van der Waals surface area contributed by atoms with Crippen molar-refractivity contribution in [2.24, 2.45) is 0 Å². The van der Waals surface area contributed by atoms with Crippen molar-refractivity contribution in [2.75, 3.05) is 39.9 Å². The van der Waals surface area contributed by atoms with Gasteiger partial charge in [0.1, 0.15) is 0 Å². The number of sulfonamides is 1. The van der Waals surface area contributed by atoms with Crippen LogP contribution in [0.4, 0.5) is 0 Å². The van der Waals surface area contributed by atoms with Crippen LogP contribution < -0.4 is 10.0 Å². The number of nitrogens with zero attached hydrogens (tertiary/aromatic N) is 1. The van der Waals surface area contributed by atoms with Gasteiger partial charge in [-0.2, -0.15) is 0 Å². The summed E-state index contributed by atoms with van der Waals surface area (Å²) in [6.07, 6.45) is 0. The summed E-state index contributed by atoms with van der Waals surface area (Å²) >= 11 is 0. The molecule has 24 heavy (non-hydrogen) atoms. The second kappa shape index (κ2) is 9.33. The van der Waals surface area contributed by atoms with E-state index < -0.39 is 10.0 Å². The molecule has 1 aromatic carbocycles. The molecule has 7 nitrogen and oxygen atoms in total. The molecule has 1 fully saturated rings. The molecule has 0 aliphatic carbocycles. The molecule has 0 aromatic heterocycles. The fourth-order valence-electron chi connectivity index (χ4n) is 2.47. The predicted octanol–water partition coefficient (Wildman–Crippen LogP) is 0.467. The number of carbonyl (C=O) groups excluding carboxylic acids is 1. The number of rotatable bonds is 6. The topological polar surface area (TPSA) is 87.7 Å². The minimum Gasteiger partial charge on any atom is -0.383 e. The Morgan fingerprint density at radius 1 is 1.46 bits per heavy atom. The van der Waals surface area contributed by atoms with Crippen LogP contribution in [0.1, 0.15) is 17.3 Å². The van der Waals surface area contributed by atoms with Crippen molar-refractivity contribution in [2.45, 2.75) is 17.9 Å². The van der Waals surface area contributed by atoms with E-state index >= 15 is 0 Å². The molecular weight excluding hydrogens is 354 g/mol. The van der Waals surface area contributed by atoms with Crippen LogP contribution >= 0.6 is 12.4 Å². The van der Waals surface area contributed by atoms with Crippen LogP contribution in [0, 0.1) is 0 Å². The highest BCUT2D eigenvalue weighted by atomic mass is 35.5. The Morgan fingerprint density at radius 3 is 2.88 bits per heavy atom. The van der Waals surface area contributed by atoms with Crippen molar-refractivity contribution in [3.63, 3.8) is 0 Å². The Hall–Kier alpha value is -1.19. The molecule has 1 saturated heterocycles. The molecule has 0 radical (unpaired) electrons. The molecule has 1 heterocycles. The van der Waals surface area contributed by atoms with E-state index in [1.807, 2.05) is 6.92 Å². The van der Waals surface area contributed by atoms with Crippen molar-refractivity contribution in [1.82, 2.24) is 14.9 Å². The van der Waals surface area contributed by atoms with E-state index in [0.717, 1.165) is 13.1 Å². The van der Waals surface area contributed by atoms with Gasteiger partial charge in [0, 0.05) is 44.9 Å². The van der Waals surface area contributed by atoms with Crippen LogP contribution in [0.25, 0.3) is 0 Å². The lowest BCUT2D eigenvalue weighted by molar-refractivity contribution is 0.0655. The smallest absolute Gasteiger partial charge is 0.254 e. The van der Waals surface area contributed by atoms with Gasteiger partial charge < -0.3 is 15.0 Å². The zero-order valence-electron chi connectivity index (χ0n) is 13.8. The van der Waals surface area contributed by atoms with Crippen LogP contribution in [-0.2, 0) is 14.8 Å². The highest BCUT2D eigenvalue weighted by molar-refractivity contribution is 7.89. The van der Waals surface area contributed by atoms with Crippen LogP contribution in [0.2, 0.25) is 0 Å². The number of amides is 1. The van der Waals surface area contributed by atoms with Gasteiger partial charge in [-0.3, -0.25) is 4.79 Å². The lowest BCUT2D eigenvalue weighted by atomic mass is 10.1. The SMILES string of the molecule is COCCNS(=O)(=O)c1cccc(C(=O)N2CCNCC2C)c1.Cl. The maximum atomic E-state index is 12.6. The summed E-state index contributed by atoms with van der Waals surface area (Å²) in [5.41, 5.74) is 0.383. The third kappa shape index (κ3) is 5.15. The largest absolute Gasteiger partial charge is 0.383 e. The van der Waals surface area contributed by atoms with E-state index in [0.29, 0.717) is 12.1 Å². The van der Waals surface area contributed by atoms with Gasteiger partial charge in [-0.25, -0.2) is 13.1 Å². The van der Waals surface area contributed by atoms with Crippen LogP contribution in [0.15, 0.2) is 29.2 Å². The standard InChI is InChI=1S/C15H23N3O4S.ClH/c1-12-11-16-6-8-18(12)15(19)13-4-3-5-14(10-13)23(20,21)17-7-9-22-2;/h3-5,10,12,16-17H,6-9,11H2,1-2H3;1H. The van der Waals surface area contributed by atoms with E-state index in [1.54, 1.807) is 17.0 Å². The summed E-state index contributed by atoms with van der Waals surface area (Å²) in [6.45, 7) is 4.54. The number of ether oxygens (including phenoxy) is 1. The molecule has 1 aromatic rings. The molecule has 1 aliphatic rings. The number of methoxy groups -OCH3 is 1. The van der Waals surface area contributed by atoms with Gasteiger partial charge in [0.15, 0.2) is 0 Å². The minimum atomic E-state index is -3.65. The first-order valence-corrected chi connectivity index (χ1v) is 9.04. The van der Waals surface area contributed by atoms with E-state index in [2.05, 4.69) is 10.0 Å². The molecule has 2 rings (SSSR count).